The van der Waals surface area contributed by atoms with Crippen LogP contribution in [-0.4, -0.2) is 24.5 Å². The molecule has 14 heavy (non-hydrogen) atoms. The van der Waals surface area contributed by atoms with Crippen molar-refractivity contribution in [1.29, 1.82) is 0 Å². The number of alkyl halides is 1. The molecule has 0 aliphatic carbocycles. The van der Waals surface area contributed by atoms with E-state index in [-0.39, 0.29) is 10.8 Å². The Morgan fingerprint density at radius 1 is 1.79 bits per heavy atom. The summed E-state index contributed by atoms with van der Waals surface area (Å²) < 4.78 is 9.66. The molecule has 78 valence electrons. The molecule has 0 spiro atoms. The van der Waals surface area contributed by atoms with Gasteiger partial charge in [-0.15, -0.1) is 0 Å². The summed E-state index contributed by atoms with van der Waals surface area (Å²) in [4.78, 5) is 10.7. The Morgan fingerprint density at radius 3 is 3.14 bits per heavy atom. The summed E-state index contributed by atoms with van der Waals surface area (Å²) in [5.41, 5.74) is 0. The second-order valence-corrected chi connectivity index (χ2v) is 3.81. The van der Waals surface area contributed by atoms with Crippen molar-refractivity contribution < 1.29 is 13.9 Å². The van der Waals surface area contributed by atoms with Gasteiger partial charge in [0.15, 0.2) is 0 Å². The molecule has 1 heterocycles. The Balaban J connectivity index is 2.18. The van der Waals surface area contributed by atoms with Gasteiger partial charge < -0.3 is 14.5 Å². The first kappa shape index (κ1) is 11.3. The van der Waals surface area contributed by atoms with Crippen LogP contribution in [0.15, 0.2) is 22.8 Å². The van der Waals surface area contributed by atoms with E-state index in [4.69, 9.17) is 4.42 Å². The van der Waals surface area contributed by atoms with Crippen molar-refractivity contribution in [3.63, 3.8) is 0 Å². The standard InChI is InChI=1S/C9H12BrNO3/c1-13-9(12)8(10)6-11-5-7-3-2-4-14-7/h2-4,8,11H,5-6H2,1H3. The predicted molar refractivity (Wildman–Crippen MR) is 55.1 cm³/mol. The van der Waals surface area contributed by atoms with Crippen LogP contribution in [-0.2, 0) is 16.1 Å². The van der Waals surface area contributed by atoms with E-state index in [1.165, 1.54) is 7.11 Å². The molecule has 0 aromatic carbocycles. The quantitative estimate of drug-likeness (QED) is 0.642. The first-order valence-corrected chi connectivity index (χ1v) is 5.10. The van der Waals surface area contributed by atoms with E-state index in [1.807, 2.05) is 12.1 Å². The van der Waals surface area contributed by atoms with E-state index in [2.05, 4.69) is 26.0 Å². The number of carbonyl (C=O) groups is 1. The van der Waals surface area contributed by atoms with Gasteiger partial charge in [-0.25, -0.2) is 0 Å². The van der Waals surface area contributed by atoms with E-state index in [0.29, 0.717) is 13.1 Å². The topological polar surface area (TPSA) is 51.5 Å². The first-order chi connectivity index (χ1) is 6.74. The van der Waals surface area contributed by atoms with Crippen LogP contribution in [0.2, 0.25) is 0 Å². The molecule has 1 aromatic rings. The Kier molecular flexibility index (Phi) is 4.69. The lowest BCUT2D eigenvalue weighted by atomic mass is 10.4. The fourth-order valence-electron chi connectivity index (χ4n) is 0.946. The highest BCUT2D eigenvalue weighted by atomic mass is 79.9. The number of esters is 1. The fourth-order valence-corrected chi connectivity index (χ4v) is 1.36. The van der Waals surface area contributed by atoms with Gasteiger partial charge in [0, 0.05) is 6.54 Å². The Bertz CT molecular complexity index is 274. The molecule has 1 rings (SSSR count). The van der Waals surface area contributed by atoms with Gasteiger partial charge in [-0.05, 0) is 12.1 Å². The lowest BCUT2D eigenvalue weighted by Gasteiger charge is -2.07. The Hall–Kier alpha value is -0.810. The number of ether oxygens (including phenoxy) is 1. The Morgan fingerprint density at radius 2 is 2.57 bits per heavy atom. The molecule has 0 aliphatic heterocycles. The second-order valence-electron chi connectivity index (χ2n) is 2.70. The lowest BCUT2D eigenvalue weighted by molar-refractivity contribution is -0.139. The zero-order valence-corrected chi connectivity index (χ0v) is 9.41. The van der Waals surface area contributed by atoms with Crippen LogP contribution < -0.4 is 5.32 Å². The average Bonchev–Trinajstić information content (AvgIpc) is 2.69. The molecule has 4 nitrogen and oxygen atoms in total. The number of rotatable bonds is 5. The predicted octanol–water partition coefficient (Wildman–Crippen LogP) is 1.31. The van der Waals surface area contributed by atoms with E-state index < -0.39 is 0 Å². The molecule has 1 N–H and O–H groups in total. The number of hydrogen-bond acceptors (Lipinski definition) is 4. The minimum atomic E-state index is -0.317. The van der Waals surface area contributed by atoms with Crippen molar-refractivity contribution in [2.45, 2.75) is 11.4 Å². The largest absolute Gasteiger partial charge is 0.468 e. The van der Waals surface area contributed by atoms with Crippen molar-refractivity contribution in [3.05, 3.63) is 24.2 Å². The van der Waals surface area contributed by atoms with E-state index in [0.717, 1.165) is 5.76 Å². The molecule has 0 saturated carbocycles. The van der Waals surface area contributed by atoms with Crippen molar-refractivity contribution in [2.24, 2.45) is 0 Å². The maximum absolute atomic E-state index is 11.0. The third kappa shape index (κ3) is 3.51. The summed E-state index contributed by atoms with van der Waals surface area (Å²) in [5, 5.41) is 3.06. The minimum Gasteiger partial charge on any atom is -0.468 e. The van der Waals surface area contributed by atoms with Gasteiger partial charge in [0.05, 0.1) is 19.9 Å². The van der Waals surface area contributed by atoms with Crippen LogP contribution in [0.3, 0.4) is 0 Å². The number of halogens is 1. The third-order valence-electron chi connectivity index (χ3n) is 1.66. The molecule has 0 amide bonds. The molecule has 0 bridgehead atoms. The molecular weight excluding hydrogens is 250 g/mol. The van der Waals surface area contributed by atoms with Crippen LogP contribution in [0.25, 0.3) is 0 Å². The van der Waals surface area contributed by atoms with Crippen molar-refractivity contribution in [1.82, 2.24) is 5.32 Å². The van der Waals surface area contributed by atoms with E-state index in [1.54, 1.807) is 6.26 Å². The SMILES string of the molecule is COC(=O)C(Br)CNCc1ccco1. The zero-order valence-electron chi connectivity index (χ0n) is 7.83. The van der Waals surface area contributed by atoms with Crippen LogP contribution in [0.5, 0.6) is 0 Å². The summed E-state index contributed by atoms with van der Waals surface area (Å²) in [7, 11) is 1.36. The zero-order chi connectivity index (χ0) is 10.4. The molecule has 0 fully saturated rings. The normalized spacial score (nSPS) is 12.4. The number of methoxy groups -OCH3 is 1. The monoisotopic (exact) mass is 261 g/mol. The van der Waals surface area contributed by atoms with Crippen molar-refractivity contribution in [2.75, 3.05) is 13.7 Å². The molecule has 0 saturated heterocycles. The summed E-state index contributed by atoms with van der Waals surface area (Å²) >= 11 is 3.20. The van der Waals surface area contributed by atoms with Gasteiger partial charge in [-0.2, -0.15) is 0 Å². The highest BCUT2D eigenvalue weighted by Crippen LogP contribution is 2.02. The highest BCUT2D eigenvalue weighted by molar-refractivity contribution is 9.10. The first-order valence-electron chi connectivity index (χ1n) is 4.19. The fraction of sp³-hybridized carbons (Fsp3) is 0.444. The molecule has 5 heteroatoms. The average molecular weight is 262 g/mol. The maximum Gasteiger partial charge on any atom is 0.320 e. The maximum atomic E-state index is 11.0. The van der Waals surface area contributed by atoms with Gasteiger partial charge in [-0.1, -0.05) is 15.9 Å². The Labute approximate surface area is 90.7 Å². The summed E-state index contributed by atoms with van der Waals surface area (Å²) in [6.07, 6.45) is 1.61. The number of nitrogens with one attached hydrogen (secondary N) is 1. The molecular formula is C9H12BrNO3. The molecule has 1 aromatic heterocycles. The minimum absolute atomic E-state index is 0.281. The van der Waals surface area contributed by atoms with Crippen molar-refractivity contribution >= 4 is 21.9 Å². The van der Waals surface area contributed by atoms with Gasteiger partial charge in [0.25, 0.3) is 0 Å². The number of hydrogen-bond donors (Lipinski definition) is 1. The summed E-state index contributed by atoms with van der Waals surface area (Å²) in [6.45, 7) is 1.11. The lowest BCUT2D eigenvalue weighted by Crippen LogP contribution is -2.29. The smallest absolute Gasteiger partial charge is 0.320 e. The van der Waals surface area contributed by atoms with Gasteiger partial charge in [0.1, 0.15) is 10.6 Å². The van der Waals surface area contributed by atoms with Crippen LogP contribution in [0, 0.1) is 0 Å². The summed E-state index contributed by atoms with van der Waals surface area (Å²) in [5.74, 6) is 0.562. The molecule has 0 radical (unpaired) electrons. The van der Waals surface area contributed by atoms with Gasteiger partial charge in [0.2, 0.25) is 0 Å². The van der Waals surface area contributed by atoms with Crippen LogP contribution in [0.4, 0.5) is 0 Å². The number of furan rings is 1. The van der Waals surface area contributed by atoms with E-state index >= 15 is 0 Å². The van der Waals surface area contributed by atoms with Crippen LogP contribution >= 0.6 is 15.9 Å². The molecule has 1 atom stereocenters. The molecule has 1 unspecified atom stereocenters. The second kappa shape index (κ2) is 5.82. The van der Waals surface area contributed by atoms with E-state index in [9.17, 15) is 4.79 Å². The molecule has 0 aliphatic rings. The number of carbonyl (C=O) groups excluding carboxylic acids is 1. The summed E-state index contributed by atoms with van der Waals surface area (Å²) in [6, 6.07) is 3.69. The third-order valence-corrected chi connectivity index (χ3v) is 2.36. The van der Waals surface area contributed by atoms with Crippen molar-refractivity contribution in [3.8, 4) is 0 Å². The van der Waals surface area contributed by atoms with Gasteiger partial charge >= 0.3 is 5.97 Å². The highest BCUT2D eigenvalue weighted by Gasteiger charge is 2.14. The van der Waals surface area contributed by atoms with Gasteiger partial charge in [-0.3, -0.25) is 4.79 Å². The van der Waals surface area contributed by atoms with Crippen LogP contribution in [0.1, 0.15) is 5.76 Å².